The van der Waals surface area contributed by atoms with Gasteiger partial charge in [0.25, 0.3) is 0 Å². The van der Waals surface area contributed by atoms with Crippen LogP contribution in [0.5, 0.6) is 0 Å². The average molecular weight is 304 g/mol. The molecule has 0 N–H and O–H groups in total. The molecule has 19 heavy (non-hydrogen) atoms. The van der Waals surface area contributed by atoms with Crippen LogP contribution in [0.2, 0.25) is 13.1 Å². The number of allylic oxidation sites excluding steroid dienone is 3. The van der Waals surface area contributed by atoms with E-state index in [-0.39, 0.29) is 21.7 Å². The molecule has 1 aromatic rings. The van der Waals surface area contributed by atoms with Crippen molar-refractivity contribution in [1.29, 1.82) is 0 Å². The van der Waals surface area contributed by atoms with Crippen molar-refractivity contribution in [3.8, 4) is 0 Å². The van der Waals surface area contributed by atoms with Crippen molar-refractivity contribution in [2.75, 3.05) is 0 Å². The van der Waals surface area contributed by atoms with Gasteiger partial charge in [0.1, 0.15) is 0 Å². The van der Waals surface area contributed by atoms with E-state index >= 15 is 0 Å². The summed E-state index contributed by atoms with van der Waals surface area (Å²) in [6.45, 7) is 16.1. The third-order valence-electron chi connectivity index (χ3n) is 3.22. The predicted molar refractivity (Wildman–Crippen MR) is 86.7 cm³/mol. The van der Waals surface area contributed by atoms with Crippen LogP contribution in [0.15, 0.2) is 54.6 Å². The Morgan fingerprint density at radius 2 is 1.79 bits per heavy atom. The Morgan fingerprint density at radius 3 is 2.26 bits per heavy atom. The SMILES string of the molecule is C=CC(=C)C.CC1=Cc2ccccc2C1[SiH](C)C.[Ti]. The monoisotopic (exact) mass is 304 g/mol. The molecule has 1 aromatic carbocycles. The van der Waals surface area contributed by atoms with Crippen molar-refractivity contribution in [1.82, 2.24) is 0 Å². The van der Waals surface area contributed by atoms with Gasteiger partial charge in [-0.3, -0.25) is 0 Å². The van der Waals surface area contributed by atoms with Gasteiger partial charge in [-0.2, -0.15) is 0 Å². The molecule has 2 rings (SSSR count). The topological polar surface area (TPSA) is 0 Å². The van der Waals surface area contributed by atoms with Gasteiger partial charge in [0, 0.05) is 30.5 Å². The van der Waals surface area contributed by atoms with Crippen LogP contribution in [0, 0.1) is 0 Å². The van der Waals surface area contributed by atoms with Gasteiger partial charge in [-0.05, 0) is 30.5 Å². The van der Waals surface area contributed by atoms with Crippen LogP contribution in [0.3, 0.4) is 0 Å². The van der Waals surface area contributed by atoms with E-state index in [9.17, 15) is 0 Å². The van der Waals surface area contributed by atoms with Crippen molar-refractivity contribution >= 4 is 14.9 Å². The van der Waals surface area contributed by atoms with E-state index in [1.807, 2.05) is 6.92 Å². The van der Waals surface area contributed by atoms with Crippen LogP contribution < -0.4 is 0 Å². The number of benzene rings is 1. The fourth-order valence-electron chi connectivity index (χ4n) is 2.39. The van der Waals surface area contributed by atoms with E-state index in [0.29, 0.717) is 0 Å². The van der Waals surface area contributed by atoms with Gasteiger partial charge in [0.15, 0.2) is 0 Å². The second-order valence-corrected chi connectivity index (χ2v) is 8.44. The Hall–Kier alpha value is -0.629. The zero-order valence-electron chi connectivity index (χ0n) is 12.5. The molecule has 0 amide bonds. The molecule has 0 fully saturated rings. The summed E-state index contributed by atoms with van der Waals surface area (Å²) < 4.78 is 0. The van der Waals surface area contributed by atoms with Gasteiger partial charge in [0.05, 0.1) is 0 Å². The van der Waals surface area contributed by atoms with Crippen LogP contribution in [-0.2, 0) is 21.7 Å². The van der Waals surface area contributed by atoms with Crippen LogP contribution in [0.4, 0.5) is 0 Å². The van der Waals surface area contributed by atoms with Gasteiger partial charge in [-0.25, -0.2) is 0 Å². The first-order valence-electron chi connectivity index (χ1n) is 6.52. The zero-order chi connectivity index (χ0) is 13.7. The molecule has 0 radical (unpaired) electrons. The minimum absolute atomic E-state index is 0. The molecule has 0 aliphatic heterocycles. The molecular formula is C17H24SiTi. The van der Waals surface area contributed by atoms with E-state index in [1.165, 1.54) is 5.56 Å². The van der Waals surface area contributed by atoms with Gasteiger partial charge < -0.3 is 0 Å². The number of hydrogen-bond acceptors (Lipinski definition) is 0. The first kappa shape index (κ1) is 18.4. The molecule has 1 aliphatic carbocycles. The summed E-state index contributed by atoms with van der Waals surface area (Å²) in [6.07, 6.45) is 4.08. The number of rotatable bonds is 2. The molecule has 1 atom stereocenters. The first-order valence-corrected chi connectivity index (χ1v) is 9.50. The minimum Gasteiger partial charge on any atom is -0.0988 e. The summed E-state index contributed by atoms with van der Waals surface area (Å²) in [4.78, 5) is 0. The summed E-state index contributed by atoms with van der Waals surface area (Å²) >= 11 is 0. The van der Waals surface area contributed by atoms with E-state index < -0.39 is 8.80 Å². The first-order chi connectivity index (χ1) is 8.47. The van der Waals surface area contributed by atoms with Crippen molar-refractivity contribution in [3.63, 3.8) is 0 Å². The van der Waals surface area contributed by atoms with Gasteiger partial charge >= 0.3 is 0 Å². The molecule has 2 heteroatoms. The maximum Gasteiger partial charge on any atom is 0.0439 e. The second kappa shape index (κ2) is 8.52. The molecule has 100 valence electrons. The molecule has 0 bridgehead atoms. The van der Waals surface area contributed by atoms with E-state index in [4.69, 9.17) is 0 Å². The summed E-state index contributed by atoms with van der Waals surface area (Å²) in [5, 5.41) is 0. The van der Waals surface area contributed by atoms with Crippen LogP contribution in [-0.4, -0.2) is 8.80 Å². The molecule has 1 unspecified atom stereocenters. The van der Waals surface area contributed by atoms with Crippen LogP contribution >= 0.6 is 0 Å². The van der Waals surface area contributed by atoms with E-state index in [0.717, 1.165) is 11.1 Å². The minimum atomic E-state index is -0.586. The molecule has 0 saturated carbocycles. The third kappa shape index (κ3) is 5.10. The van der Waals surface area contributed by atoms with E-state index in [2.05, 4.69) is 63.5 Å². The largest absolute Gasteiger partial charge is 0.0988 e. The summed E-state index contributed by atoms with van der Waals surface area (Å²) in [7, 11) is -0.586. The Balaban J connectivity index is 0.000000471. The normalized spacial score (nSPS) is 15.6. The van der Waals surface area contributed by atoms with Crippen LogP contribution in [0.1, 0.15) is 30.5 Å². The Bertz CT molecular complexity index is 472. The van der Waals surface area contributed by atoms with Gasteiger partial charge in [-0.15, -0.1) is 0 Å². The summed E-state index contributed by atoms with van der Waals surface area (Å²) in [5.41, 5.74) is 6.40. The average Bonchev–Trinajstić information content (AvgIpc) is 2.65. The zero-order valence-corrected chi connectivity index (χ0v) is 15.2. The fourth-order valence-corrected chi connectivity index (χ4v) is 4.56. The molecule has 1 aliphatic rings. The summed E-state index contributed by atoms with van der Waals surface area (Å²) in [5.74, 6) is 0. The number of hydrogen-bond donors (Lipinski definition) is 0. The second-order valence-electron chi connectivity index (χ2n) is 5.29. The maximum atomic E-state index is 3.56. The standard InChI is InChI=1S/C12H16Si.C5H8.Ti/c1-9-8-10-6-4-5-7-11(10)12(9)13(2)3;1-4-5(2)3;/h4-8,12-13H,1-3H3;4H,1-2H2,3H3;. The molecular weight excluding hydrogens is 280 g/mol. The van der Waals surface area contributed by atoms with Crippen molar-refractivity contribution in [3.05, 3.63) is 65.8 Å². The summed E-state index contributed by atoms with van der Waals surface area (Å²) in [6, 6.07) is 8.82. The Morgan fingerprint density at radius 1 is 1.26 bits per heavy atom. The smallest absolute Gasteiger partial charge is 0.0439 e. The third-order valence-corrected chi connectivity index (χ3v) is 5.44. The molecule has 0 nitrogen and oxygen atoms in total. The molecule has 0 heterocycles. The van der Waals surface area contributed by atoms with Crippen LogP contribution in [0.25, 0.3) is 6.08 Å². The van der Waals surface area contributed by atoms with Gasteiger partial charge in [-0.1, -0.05) is 73.8 Å². The van der Waals surface area contributed by atoms with Gasteiger partial charge in [0.2, 0.25) is 0 Å². The van der Waals surface area contributed by atoms with Crippen molar-refractivity contribution < 1.29 is 21.7 Å². The fraction of sp³-hybridized carbons (Fsp3) is 0.294. The quantitative estimate of drug-likeness (QED) is 0.535. The molecule has 0 aromatic heterocycles. The maximum absolute atomic E-state index is 3.56. The Labute approximate surface area is 134 Å². The van der Waals surface area contributed by atoms with Crippen molar-refractivity contribution in [2.45, 2.75) is 32.5 Å². The van der Waals surface area contributed by atoms with E-state index in [1.54, 1.807) is 17.2 Å². The predicted octanol–water partition coefficient (Wildman–Crippen LogP) is 4.96. The van der Waals surface area contributed by atoms with Crippen molar-refractivity contribution in [2.24, 2.45) is 0 Å². The molecule has 0 saturated heterocycles. The number of fused-ring (bicyclic) bond motifs is 1. The molecule has 0 spiro atoms. The Kier molecular flexibility index (Phi) is 8.24.